The number of amides is 1. The van der Waals surface area contributed by atoms with E-state index >= 15 is 0 Å². The third kappa shape index (κ3) is 6.79. The van der Waals surface area contributed by atoms with Crippen LogP contribution in [0.4, 0.5) is 0 Å². The summed E-state index contributed by atoms with van der Waals surface area (Å²) in [6.07, 6.45) is 0.312. The minimum absolute atomic E-state index is 0.00788. The number of benzene rings is 1. The standard InChI is InChI=1S/C18H26N2O7S2/c1-12(2)17(20-29(25,26)15-6-4-13(3)5-7-15)18(22)27-10-16(21)19-14-8-9-28(23,24)11-14/h4-7,12,14,17,20H,8-11H2,1-3H3,(H,19,21)/t14-,17-/m0/s1. The Kier molecular flexibility index (Phi) is 7.41. The molecule has 1 aromatic rings. The van der Waals surface area contributed by atoms with Gasteiger partial charge in [-0.2, -0.15) is 4.72 Å². The summed E-state index contributed by atoms with van der Waals surface area (Å²) in [5.41, 5.74) is 0.893. The van der Waals surface area contributed by atoms with E-state index in [2.05, 4.69) is 10.0 Å². The molecule has 0 bridgehead atoms. The number of hydrogen-bond donors (Lipinski definition) is 2. The van der Waals surface area contributed by atoms with Gasteiger partial charge in [-0.3, -0.25) is 9.59 Å². The summed E-state index contributed by atoms with van der Waals surface area (Å²) in [7, 11) is -7.10. The predicted molar refractivity (Wildman–Crippen MR) is 106 cm³/mol. The van der Waals surface area contributed by atoms with E-state index in [1.165, 1.54) is 12.1 Å². The molecule has 0 radical (unpaired) electrons. The first-order chi connectivity index (χ1) is 13.4. The number of ether oxygens (including phenoxy) is 1. The van der Waals surface area contributed by atoms with Crippen LogP contribution in [-0.2, 0) is 34.2 Å². The summed E-state index contributed by atoms with van der Waals surface area (Å²) in [4.78, 5) is 24.3. The summed E-state index contributed by atoms with van der Waals surface area (Å²) >= 11 is 0. The smallest absolute Gasteiger partial charge is 0.324 e. The second-order valence-electron chi connectivity index (χ2n) is 7.43. The van der Waals surface area contributed by atoms with Gasteiger partial charge >= 0.3 is 5.97 Å². The molecular weight excluding hydrogens is 420 g/mol. The summed E-state index contributed by atoms with van der Waals surface area (Å²) in [5.74, 6) is -2.08. The number of carbonyl (C=O) groups excluding carboxylic acids is 2. The largest absolute Gasteiger partial charge is 0.454 e. The van der Waals surface area contributed by atoms with Crippen LogP contribution in [0.25, 0.3) is 0 Å². The molecule has 1 saturated heterocycles. The minimum Gasteiger partial charge on any atom is -0.454 e. The second-order valence-corrected chi connectivity index (χ2v) is 11.4. The summed E-state index contributed by atoms with van der Waals surface area (Å²) in [6.45, 7) is 4.50. The van der Waals surface area contributed by atoms with Gasteiger partial charge in [-0.15, -0.1) is 0 Å². The van der Waals surface area contributed by atoms with Gasteiger partial charge < -0.3 is 10.1 Å². The van der Waals surface area contributed by atoms with E-state index in [-0.39, 0.29) is 16.4 Å². The summed E-state index contributed by atoms with van der Waals surface area (Å²) < 4.78 is 55.2. The SMILES string of the molecule is Cc1ccc(S(=O)(=O)N[C@H](C(=O)OCC(=O)N[C@H]2CCS(=O)(=O)C2)C(C)C)cc1. The number of aryl methyl sites for hydroxylation is 1. The molecule has 1 fully saturated rings. The Bertz CT molecular complexity index is 954. The molecule has 0 saturated carbocycles. The van der Waals surface area contributed by atoms with Gasteiger partial charge in [-0.25, -0.2) is 16.8 Å². The van der Waals surface area contributed by atoms with Gasteiger partial charge in [-0.1, -0.05) is 31.5 Å². The maximum absolute atomic E-state index is 12.5. The molecule has 0 unspecified atom stereocenters. The second kappa shape index (κ2) is 9.23. The zero-order valence-electron chi connectivity index (χ0n) is 16.5. The summed E-state index contributed by atoms with van der Waals surface area (Å²) in [6, 6.07) is 4.47. The average molecular weight is 447 g/mol. The van der Waals surface area contributed by atoms with Crippen molar-refractivity contribution in [2.75, 3.05) is 18.1 Å². The van der Waals surface area contributed by atoms with Crippen molar-refractivity contribution in [3.8, 4) is 0 Å². The van der Waals surface area contributed by atoms with Gasteiger partial charge in [-0.05, 0) is 31.4 Å². The molecule has 2 rings (SSSR count). The average Bonchev–Trinajstić information content (AvgIpc) is 2.96. The molecule has 0 aromatic heterocycles. The number of rotatable bonds is 8. The molecule has 1 aliphatic rings. The Morgan fingerprint density at radius 3 is 2.34 bits per heavy atom. The first kappa shape index (κ1) is 23.3. The van der Waals surface area contributed by atoms with Crippen molar-refractivity contribution in [3.63, 3.8) is 0 Å². The lowest BCUT2D eigenvalue weighted by molar-refractivity contribution is -0.151. The monoisotopic (exact) mass is 446 g/mol. The van der Waals surface area contributed by atoms with Crippen molar-refractivity contribution in [1.29, 1.82) is 0 Å². The van der Waals surface area contributed by atoms with Crippen LogP contribution >= 0.6 is 0 Å². The van der Waals surface area contributed by atoms with Gasteiger partial charge in [0, 0.05) is 6.04 Å². The fraction of sp³-hybridized carbons (Fsp3) is 0.556. The van der Waals surface area contributed by atoms with Crippen molar-refractivity contribution in [3.05, 3.63) is 29.8 Å². The van der Waals surface area contributed by atoms with Crippen LogP contribution in [-0.4, -0.2) is 58.9 Å². The molecule has 1 aromatic carbocycles. The predicted octanol–water partition coefficient (Wildman–Crippen LogP) is 0.144. The Hall–Kier alpha value is -1.98. The van der Waals surface area contributed by atoms with Gasteiger partial charge in [0.25, 0.3) is 5.91 Å². The zero-order valence-corrected chi connectivity index (χ0v) is 18.2. The van der Waals surface area contributed by atoms with Crippen molar-refractivity contribution in [2.45, 2.75) is 44.2 Å². The van der Waals surface area contributed by atoms with Crippen LogP contribution < -0.4 is 10.0 Å². The van der Waals surface area contributed by atoms with Gasteiger partial charge in [0.15, 0.2) is 16.4 Å². The van der Waals surface area contributed by atoms with E-state index in [4.69, 9.17) is 4.74 Å². The lowest BCUT2D eigenvalue weighted by Crippen LogP contribution is -2.46. The molecule has 1 heterocycles. The molecular formula is C18H26N2O7S2. The van der Waals surface area contributed by atoms with E-state index in [9.17, 15) is 26.4 Å². The third-order valence-electron chi connectivity index (χ3n) is 4.48. The van der Waals surface area contributed by atoms with E-state index < -0.39 is 56.3 Å². The molecule has 2 N–H and O–H groups in total. The summed E-state index contributed by atoms with van der Waals surface area (Å²) in [5, 5.41) is 2.50. The quantitative estimate of drug-likeness (QED) is 0.542. The van der Waals surface area contributed by atoms with Crippen LogP contribution in [0.15, 0.2) is 29.2 Å². The lowest BCUT2D eigenvalue weighted by Gasteiger charge is -2.21. The molecule has 29 heavy (non-hydrogen) atoms. The van der Waals surface area contributed by atoms with E-state index in [1.807, 2.05) is 6.92 Å². The van der Waals surface area contributed by atoms with E-state index in [0.717, 1.165) is 5.56 Å². The Morgan fingerprint density at radius 2 is 1.83 bits per heavy atom. The number of sulfone groups is 1. The molecule has 1 amide bonds. The highest BCUT2D eigenvalue weighted by Crippen LogP contribution is 2.14. The highest BCUT2D eigenvalue weighted by Gasteiger charge is 2.31. The number of carbonyl (C=O) groups is 2. The number of sulfonamides is 1. The van der Waals surface area contributed by atoms with Gasteiger partial charge in [0.05, 0.1) is 16.4 Å². The van der Waals surface area contributed by atoms with E-state index in [0.29, 0.717) is 6.42 Å². The topological polar surface area (TPSA) is 136 Å². The fourth-order valence-electron chi connectivity index (χ4n) is 2.81. The van der Waals surface area contributed by atoms with Crippen LogP contribution in [0.3, 0.4) is 0 Å². The first-order valence-electron chi connectivity index (χ1n) is 9.15. The van der Waals surface area contributed by atoms with Crippen LogP contribution in [0.5, 0.6) is 0 Å². The fourth-order valence-corrected chi connectivity index (χ4v) is 5.82. The molecule has 0 aliphatic carbocycles. The Morgan fingerprint density at radius 1 is 1.21 bits per heavy atom. The lowest BCUT2D eigenvalue weighted by atomic mass is 10.1. The van der Waals surface area contributed by atoms with Crippen molar-refractivity contribution >= 4 is 31.7 Å². The molecule has 9 nitrogen and oxygen atoms in total. The maximum Gasteiger partial charge on any atom is 0.324 e. The van der Waals surface area contributed by atoms with Crippen LogP contribution in [0, 0.1) is 12.8 Å². The van der Waals surface area contributed by atoms with Crippen LogP contribution in [0.1, 0.15) is 25.8 Å². The molecule has 162 valence electrons. The zero-order chi connectivity index (χ0) is 21.8. The van der Waals surface area contributed by atoms with Crippen molar-refractivity contribution in [2.24, 2.45) is 5.92 Å². The number of esters is 1. The minimum atomic E-state index is -3.95. The van der Waals surface area contributed by atoms with Crippen LogP contribution in [0.2, 0.25) is 0 Å². The van der Waals surface area contributed by atoms with Gasteiger partial charge in [0.1, 0.15) is 6.04 Å². The highest BCUT2D eigenvalue weighted by molar-refractivity contribution is 7.91. The molecule has 0 spiro atoms. The van der Waals surface area contributed by atoms with Crippen molar-refractivity contribution in [1.82, 2.24) is 10.0 Å². The van der Waals surface area contributed by atoms with Crippen molar-refractivity contribution < 1.29 is 31.2 Å². The normalized spacial score (nSPS) is 19.7. The highest BCUT2D eigenvalue weighted by atomic mass is 32.2. The van der Waals surface area contributed by atoms with E-state index in [1.54, 1.807) is 26.0 Å². The van der Waals surface area contributed by atoms with Gasteiger partial charge in [0.2, 0.25) is 10.0 Å². The first-order valence-corrected chi connectivity index (χ1v) is 12.5. The number of hydrogen-bond acceptors (Lipinski definition) is 7. The Labute approximate surface area is 171 Å². The third-order valence-corrected chi connectivity index (χ3v) is 7.70. The number of nitrogens with one attached hydrogen (secondary N) is 2. The molecule has 11 heteroatoms. The maximum atomic E-state index is 12.5. The Balaban J connectivity index is 1.95. The molecule has 1 aliphatic heterocycles. The molecule has 2 atom stereocenters.